The summed E-state index contributed by atoms with van der Waals surface area (Å²) < 4.78 is 5.04. The lowest BCUT2D eigenvalue weighted by Gasteiger charge is -2.29. The van der Waals surface area contributed by atoms with Gasteiger partial charge in [0.15, 0.2) is 0 Å². The predicted octanol–water partition coefficient (Wildman–Crippen LogP) is 4.26. The summed E-state index contributed by atoms with van der Waals surface area (Å²) in [5.74, 6) is -1.25. The Bertz CT molecular complexity index is 1170. The Balaban J connectivity index is 1.63. The van der Waals surface area contributed by atoms with Gasteiger partial charge in [0.2, 0.25) is 11.8 Å². The third kappa shape index (κ3) is 4.35. The summed E-state index contributed by atoms with van der Waals surface area (Å²) >= 11 is 0. The van der Waals surface area contributed by atoms with Gasteiger partial charge in [0.05, 0.1) is 12.1 Å². The minimum Gasteiger partial charge on any atom is -0.427 e. The third-order valence-electron chi connectivity index (χ3n) is 7.88. The van der Waals surface area contributed by atoms with Gasteiger partial charge in [-0.15, -0.1) is 0 Å². The molecule has 2 aromatic rings. The first kappa shape index (κ1) is 24.6. The van der Waals surface area contributed by atoms with E-state index in [-0.39, 0.29) is 41.5 Å². The first-order valence-corrected chi connectivity index (χ1v) is 11.9. The van der Waals surface area contributed by atoms with E-state index >= 15 is 0 Å². The molecule has 2 aromatic carbocycles. The van der Waals surface area contributed by atoms with Gasteiger partial charge >= 0.3 is 5.97 Å². The molecule has 35 heavy (non-hydrogen) atoms. The number of carbonyl (C=O) groups excluding carboxylic acids is 4. The Kier molecular flexibility index (Phi) is 6.07. The molecule has 4 rings (SSSR count). The number of anilines is 1. The van der Waals surface area contributed by atoms with Gasteiger partial charge < -0.3 is 9.64 Å². The Hall–Kier alpha value is -3.48. The van der Waals surface area contributed by atoms with Crippen LogP contribution < -0.4 is 9.64 Å². The largest absolute Gasteiger partial charge is 0.427 e. The minimum absolute atomic E-state index is 0.0737. The molecule has 1 heterocycles. The van der Waals surface area contributed by atoms with Crippen molar-refractivity contribution in [3.05, 3.63) is 59.7 Å². The topological polar surface area (TPSA) is 84.0 Å². The number of nitrogens with zero attached hydrogens (tertiary/aromatic N) is 2. The second-order valence-electron chi connectivity index (χ2n) is 10.7. The maximum atomic E-state index is 13.8. The zero-order valence-corrected chi connectivity index (χ0v) is 21.1. The summed E-state index contributed by atoms with van der Waals surface area (Å²) in [6.07, 6.45) is -0.0737. The molecule has 0 N–H and O–H groups in total. The van der Waals surface area contributed by atoms with Crippen molar-refractivity contribution < 1.29 is 23.9 Å². The lowest BCUT2D eigenvalue weighted by atomic mass is 10.0. The minimum atomic E-state index is -0.878. The molecule has 0 aromatic heterocycles. The number of amides is 3. The van der Waals surface area contributed by atoms with Gasteiger partial charge in [0.1, 0.15) is 11.8 Å². The molecule has 1 aliphatic heterocycles. The van der Waals surface area contributed by atoms with Crippen molar-refractivity contribution in [2.45, 2.75) is 60.5 Å². The average Bonchev–Trinajstić information content (AvgIpc) is 3.01. The fraction of sp³-hybridized carbons (Fsp3) is 0.429. The molecule has 0 radical (unpaired) electrons. The number of imide groups is 1. The van der Waals surface area contributed by atoms with Crippen LogP contribution in [0.25, 0.3) is 0 Å². The second kappa shape index (κ2) is 8.63. The highest BCUT2D eigenvalue weighted by molar-refractivity contribution is 6.23. The van der Waals surface area contributed by atoms with Crippen LogP contribution >= 0.6 is 0 Å². The van der Waals surface area contributed by atoms with Crippen LogP contribution in [0.1, 0.15) is 52.2 Å². The molecule has 2 fully saturated rings. The van der Waals surface area contributed by atoms with E-state index in [0.717, 1.165) is 16.0 Å². The Morgan fingerprint density at radius 2 is 1.54 bits per heavy atom. The van der Waals surface area contributed by atoms with Gasteiger partial charge in [-0.1, -0.05) is 57.5 Å². The van der Waals surface area contributed by atoms with Crippen molar-refractivity contribution in [2.24, 2.45) is 16.7 Å². The lowest BCUT2D eigenvalue weighted by Crippen LogP contribution is -2.46. The van der Waals surface area contributed by atoms with Gasteiger partial charge in [-0.3, -0.25) is 19.2 Å². The quantitative estimate of drug-likeness (QED) is 0.353. The number of carbonyl (C=O) groups is 4. The zero-order valence-electron chi connectivity index (χ0n) is 21.1. The zero-order chi connectivity index (χ0) is 25.7. The number of benzene rings is 2. The number of ether oxygens (including phenoxy) is 1. The van der Waals surface area contributed by atoms with Crippen molar-refractivity contribution >= 4 is 29.4 Å². The van der Waals surface area contributed by atoms with Crippen LogP contribution in [0.5, 0.6) is 5.75 Å². The highest BCUT2D eigenvalue weighted by Gasteiger charge is 2.69. The molecule has 2 aliphatic rings. The first-order valence-electron chi connectivity index (χ1n) is 11.9. The van der Waals surface area contributed by atoms with Crippen molar-refractivity contribution in [2.75, 3.05) is 4.90 Å². The van der Waals surface area contributed by atoms with Crippen LogP contribution in [0.4, 0.5) is 5.69 Å². The maximum Gasteiger partial charge on any atom is 0.308 e. The standard InChI is InChI=1S/C28H32N2O5/c1-17-7-9-19(10-8-17)16-29(26(34)24-27(3,4)28(24,5)6)22-15-23(32)30(25(22)33)20-11-13-21(14-12-20)35-18(2)31/h7-14,22,24H,15-16H2,1-6H3. The maximum absolute atomic E-state index is 13.8. The number of aryl methyl sites for hydroxylation is 1. The molecule has 3 amide bonds. The van der Waals surface area contributed by atoms with E-state index < -0.39 is 17.9 Å². The summed E-state index contributed by atoms with van der Waals surface area (Å²) in [5, 5.41) is 0. The van der Waals surface area contributed by atoms with Gasteiger partial charge in [0, 0.05) is 19.4 Å². The van der Waals surface area contributed by atoms with E-state index in [1.165, 1.54) is 19.1 Å². The van der Waals surface area contributed by atoms with Crippen molar-refractivity contribution in [3.63, 3.8) is 0 Å². The van der Waals surface area contributed by atoms with Crippen LogP contribution in [0.3, 0.4) is 0 Å². The van der Waals surface area contributed by atoms with E-state index in [0.29, 0.717) is 11.4 Å². The van der Waals surface area contributed by atoms with E-state index in [9.17, 15) is 19.2 Å². The molecular formula is C28H32N2O5. The SMILES string of the molecule is CC(=O)Oc1ccc(N2C(=O)CC(N(Cc3ccc(C)cc3)C(=O)C3C(C)(C)C3(C)C)C2=O)cc1. The third-order valence-corrected chi connectivity index (χ3v) is 7.88. The average molecular weight is 477 g/mol. The highest BCUT2D eigenvalue weighted by Crippen LogP contribution is 2.69. The monoisotopic (exact) mass is 476 g/mol. The molecule has 1 saturated heterocycles. The molecule has 1 saturated carbocycles. The van der Waals surface area contributed by atoms with Crippen LogP contribution in [0, 0.1) is 23.7 Å². The number of hydrogen-bond donors (Lipinski definition) is 0. The Morgan fingerprint density at radius 3 is 2.06 bits per heavy atom. The van der Waals surface area contributed by atoms with Gasteiger partial charge in [-0.05, 0) is 47.6 Å². The number of esters is 1. The summed E-state index contributed by atoms with van der Waals surface area (Å²) in [7, 11) is 0. The van der Waals surface area contributed by atoms with Gasteiger partial charge in [-0.25, -0.2) is 4.90 Å². The molecule has 0 bridgehead atoms. The number of rotatable bonds is 6. The molecule has 7 heteroatoms. The first-order chi connectivity index (χ1) is 16.3. The lowest BCUT2D eigenvalue weighted by molar-refractivity contribution is -0.141. The van der Waals surface area contributed by atoms with E-state index in [1.807, 2.05) is 31.2 Å². The molecule has 184 valence electrons. The predicted molar refractivity (Wildman–Crippen MR) is 131 cm³/mol. The Morgan fingerprint density at radius 1 is 0.971 bits per heavy atom. The van der Waals surface area contributed by atoms with Crippen molar-refractivity contribution in [1.82, 2.24) is 4.90 Å². The summed E-state index contributed by atoms with van der Waals surface area (Å²) in [5.41, 5.74) is 1.99. The summed E-state index contributed by atoms with van der Waals surface area (Å²) in [4.78, 5) is 54.3. The highest BCUT2D eigenvalue weighted by atomic mass is 16.5. The fourth-order valence-electron chi connectivity index (χ4n) is 5.17. The summed E-state index contributed by atoms with van der Waals surface area (Å²) in [6, 6.07) is 13.2. The van der Waals surface area contributed by atoms with E-state index in [1.54, 1.807) is 17.0 Å². The fourth-order valence-corrected chi connectivity index (χ4v) is 5.17. The van der Waals surface area contributed by atoms with Crippen molar-refractivity contribution in [3.8, 4) is 5.75 Å². The van der Waals surface area contributed by atoms with Gasteiger partial charge in [-0.2, -0.15) is 0 Å². The molecular weight excluding hydrogens is 444 g/mol. The van der Waals surface area contributed by atoms with E-state index in [2.05, 4.69) is 27.7 Å². The van der Waals surface area contributed by atoms with E-state index in [4.69, 9.17) is 4.74 Å². The number of hydrogen-bond acceptors (Lipinski definition) is 5. The summed E-state index contributed by atoms with van der Waals surface area (Å²) in [6.45, 7) is 11.8. The van der Waals surface area contributed by atoms with Crippen LogP contribution in [0.15, 0.2) is 48.5 Å². The van der Waals surface area contributed by atoms with Crippen LogP contribution in [-0.4, -0.2) is 34.6 Å². The van der Waals surface area contributed by atoms with Crippen LogP contribution in [0.2, 0.25) is 0 Å². The molecule has 0 spiro atoms. The second-order valence-corrected chi connectivity index (χ2v) is 10.7. The molecule has 1 atom stereocenters. The smallest absolute Gasteiger partial charge is 0.308 e. The molecule has 1 aliphatic carbocycles. The molecule has 7 nitrogen and oxygen atoms in total. The van der Waals surface area contributed by atoms with Crippen molar-refractivity contribution in [1.29, 1.82) is 0 Å². The Labute approximate surface area is 206 Å². The van der Waals surface area contributed by atoms with Gasteiger partial charge in [0.25, 0.3) is 5.91 Å². The van der Waals surface area contributed by atoms with Crippen LogP contribution in [-0.2, 0) is 25.7 Å². The molecule has 1 unspecified atom stereocenters. The normalized spacial score (nSPS) is 20.6.